The summed E-state index contributed by atoms with van der Waals surface area (Å²) in [5.41, 5.74) is 1.61. The van der Waals surface area contributed by atoms with E-state index in [0.717, 1.165) is 10.2 Å². The van der Waals surface area contributed by atoms with Crippen molar-refractivity contribution < 1.29 is 9.47 Å². The molecule has 0 atom stereocenters. The van der Waals surface area contributed by atoms with Crippen molar-refractivity contribution in [3.8, 4) is 5.69 Å². The molecule has 1 aromatic heterocycles. The largest absolute Gasteiger partial charge is 0.347 e. The molecule has 1 aromatic carbocycles. The molecule has 19 heavy (non-hydrogen) atoms. The first-order valence-corrected chi connectivity index (χ1v) is 6.95. The van der Waals surface area contributed by atoms with Crippen molar-refractivity contribution in [1.82, 2.24) is 15.0 Å². The molecule has 0 unspecified atom stereocenters. The first-order valence-electron chi connectivity index (χ1n) is 6.16. The van der Waals surface area contributed by atoms with E-state index in [0.29, 0.717) is 18.9 Å². The molecule has 0 spiro atoms. The minimum absolute atomic E-state index is 0.459. The van der Waals surface area contributed by atoms with E-state index in [9.17, 15) is 0 Å². The Morgan fingerprint density at radius 1 is 1.16 bits per heavy atom. The van der Waals surface area contributed by atoms with Crippen LogP contribution in [0.2, 0.25) is 0 Å². The van der Waals surface area contributed by atoms with Crippen LogP contribution in [-0.2, 0) is 9.47 Å². The summed E-state index contributed by atoms with van der Waals surface area (Å²) < 4.78 is 13.7. The van der Waals surface area contributed by atoms with Crippen molar-refractivity contribution in [2.24, 2.45) is 0 Å². The minimum atomic E-state index is -0.459. The highest BCUT2D eigenvalue weighted by Crippen LogP contribution is 2.18. The second-order valence-corrected chi connectivity index (χ2v) is 4.72. The van der Waals surface area contributed by atoms with E-state index in [1.54, 1.807) is 4.68 Å². The molecule has 0 saturated carbocycles. The lowest BCUT2D eigenvalue weighted by Crippen LogP contribution is -2.09. The summed E-state index contributed by atoms with van der Waals surface area (Å²) >= 11 is 3.40. The maximum Gasteiger partial charge on any atom is 0.204 e. The SMILES string of the molecule is CCOC(OCC)c1cn(-c2ccc(Br)cc2)nn1. The Hall–Kier alpha value is -1.24. The lowest BCUT2D eigenvalue weighted by molar-refractivity contribution is -0.142. The zero-order valence-corrected chi connectivity index (χ0v) is 12.5. The van der Waals surface area contributed by atoms with Crippen LogP contribution in [0.15, 0.2) is 34.9 Å². The lowest BCUT2D eigenvalue weighted by Gasteiger charge is -2.13. The standard InChI is InChI=1S/C13H16BrN3O2/c1-3-18-13(19-4-2)12-9-17(16-15-12)11-7-5-10(14)6-8-11/h5-9,13H,3-4H2,1-2H3. The molecule has 0 aliphatic heterocycles. The van der Waals surface area contributed by atoms with Crippen LogP contribution in [0.4, 0.5) is 0 Å². The zero-order valence-electron chi connectivity index (χ0n) is 10.9. The third kappa shape index (κ3) is 3.62. The maximum absolute atomic E-state index is 5.49. The Morgan fingerprint density at radius 2 is 1.79 bits per heavy atom. The fourth-order valence-corrected chi connectivity index (χ4v) is 1.89. The van der Waals surface area contributed by atoms with Crippen molar-refractivity contribution in [3.63, 3.8) is 0 Å². The van der Waals surface area contributed by atoms with Gasteiger partial charge in [0, 0.05) is 17.7 Å². The summed E-state index contributed by atoms with van der Waals surface area (Å²) in [6.45, 7) is 4.97. The molecule has 1 heterocycles. The zero-order chi connectivity index (χ0) is 13.7. The van der Waals surface area contributed by atoms with Crippen molar-refractivity contribution in [3.05, 3.63) is 40.6 Å². The van der Waals surface area contributed by atoms with E-state index >= 15 is 0 Å². The Morgan fingerprint density at radius 3 is 2.37 bits per heavy atom. The lowest BCUT2D eigenvalue weighted by atomic mass is 10.3. The second kappa shape index (κ2) is 6.79. The first kappa shape index (κ1) is 14.2. The second-order valence-electron chi connectivity index (χ2n) is 3.81. The molecular formula is C13H16BrN3O2. The van der Waals surface area contributed by atoms with Gasteiger partial charge in [-0.15, -0.1) is 5.10 Å². The summed E-state index contributed by atoms with van der Waals surface area (Å²) in [6.07, 6.45) is 1.36. The van der Waals surface area contributed by atoms with Gasteiger partial charge in [0.2, 0.25) is 6.29 Å². The van der Waals surface area contributed by atoms with Gasteiger partial charge in [-0.3, -0.25) is 0 Å². The van der Waals surface area contributed by atoms with Crippen molar-refractivity contribution in [2.75, 3.05) is 13.2 Å². The van der Waals surface area contributed by atoms with E-state index in [1.165, 1.54) is 0 Å². The third-order valence-corrected chi connectivity index (χ3v) is 3.01. The summed E-state index contributed by atoms with van der Waals surface area (Å²) in [5.74, 6) is 0. The number of rotatable bonds is 6. The number of benzene rings is 1. The minimum Gasteiger partial charge on any atom is -0.347 e. The van der Waals surface area contributed by atoms with Gasteiger partial charge >= 0.3 is 0 Å². The van der Waals surface area contributed by atoms with Gasteiger partial charge in [-0.05, 0) is 38.1 Å². The van der Waals surface area contributed by atoms with E-state index in [2.05, 4.69) is 26.2 Å². The van der Waals surface area contributed by atoms with Crippen LogP contribution in [0, 0.1) is 0 Å². The predicted molar refractivity (Wildman–Crippen MR) is 75.1 cm³/mol. The highest BCUT2D eigenvalue weighted by atomic mass is 79.9. The number of halogens is 1. The van der Waals surface area contributed by atoms with Gasteiger partial charge in [-0.1, -0.05) is 21.1 Å². The van der Waals surface area contributed by atoms with Gasteiger partial charge in [0.1, 0.15) is 5.69 Å². The molecule has 0 radical (unpaired) electrons. The molecule has 0 aliphatic rings. The van der Waals surface area contributed by atoms with Gasteiger partial charge in [0.25, 0.3) is 0 Å². The third-order valence-electron chi connectivity index (χ3n) is 2.48. The summed E-state index contributed by atoms with van der Waals surface area (Å²) in [7, 11) is 0. The van der Waals surface area contributed by atoms with Crippen molar-refractivity contribution >= 4 is 15.9 Å². The van der Waals surface area contributed by atoms with Gasteiger partial charge in [0.15, 0.2) is 0 Å². The highest BCUT2D eigenvalue weighted by molar-refractivity contribution is 9.10. The summed E-state index contributed by atoms with van der Waals surface area (Å²) in [6, 6.07) is 7.83. The summed E-state index contributed by atoms with van der Waals surface area (Å²) in [5, 5.41) is 8.20. The van der Waals surface area contributed by atoms with Crippen LogP contribution in [0.25, 0.3) is 5.69 Å². The molecule has 0 fully saturated rings. The van der Waals surface area contributed by atoms with E-state index < -0.39 is 6.29 Å². The van der Waals surface area contributed by atoms with E-state index in [1.807, 2.05) is 44.3 Å². The van der Waals surface area contributed by atoms with Gasteiger partial charge in [-0.25, -0.2) is 4.68 Å². The number of nitrogens with zero attached hydrogens (tertiary/aromatic N) is 3. The fraction of sp³-hybridized carbons (Fsp3) is 0.385. The molecule has 0 aliphatic carbocycles. The van der Waals surface area contributed by atoms with Crippen LogP contribution in [0.1, 0.15) is 25.8 Å². The Balaban J connectivity index is 2.19. The van der Waals surface area contributed by atoms with E-state index in [-0.39, 0.29) is 0 Å². The van der Waals surface area contributed by atoms with Crippen molar-refractivity contribution in [1.29, 1.82) is 0 Å². The topological polar surface area (TPSA) is 49.2 Å². The molecule has 2 aromatic rings. The Kier molecular flexibility index (Phi) is 5.07. The van der Waals surface area contributed by atoms with Crippen LogP contribution in [0.5, 0.6) is 0 Å². The molecule has 0 bridgehead atoms. The molecule has 0 N–H and O–H groups in total. The molecule has 0 saturated heterocycles. The van der Waals surface area contributed by atoms with Crippen LogP contribution in [0.3, 0.4) is 0 Å². The number of aromatic nitrogens is 3. The van der Waals surface area contributed by atoms with Crippen molar-refractivity contribution in [2.45, 2.75) is 20.1 Å². The van der Waals surface area contributed by atoms with Gasteiger partial charge in [-0.2, -0.15) is 0 Å². The predicted octanol–water partition coefficient (Wildman–Crippen LogP) is 3.10. The number of hydrogen-bond acceptors (Lipinski definition) is 4. The molecule has 102 valence electrons. The molecule has 5 nitrogen and oxygen atoms in total. The maximum atomic E-state index is 5.49. The smallest absolute Gasteiger partial charge is 0.204 e. The Labute approximate surface area is 120 Å². The summed E-state index contributed by atoms with van der Waals surface area (Å²) in [4.78, 5) is 0. The molecule has 6 heteroatoms. The normalized spacial score (nSPS) is 11.2. The number of hydrogen-bond donors (Lipinski definition) is 0. The van der Waals surface area contributed by atoms with Gasteiger partial charge in [0.05, 0.1) is 11.9 Å². The molecule has 0 amide bonds. The molecular weight excluding hydrogens is 310 g/mol. The van der Waals surface area contributed by atoms with Crippen LogP contribution in [-0.4, -0.2) is 28.2 Å². The average Bonchev–Trinajstić information content (AvgIpc) is 2.89. The van der Waals surface area contributed by atoms with E-state index in [4.69, 9.17) is 9.47 Å². The highest BCUT2D eigenvalue weighted by Gasteiger charge is 2.15. The van der Waals surface area contributed by atoms with Gasteiger partial charge < -0.3 is 9.47 Å². The van der Waals surface area contributed by atoms with Crippen LogP contribution < -0.4 is 0 Å². The fourth-order valence-electron chi connectivity index (χ4n) is 1.63. The quantitative estimate of drug-likeness (QED) is 0.766. The average molecular weight is 326 g/mol. The molecule has 2 rings (SSSR count). The number of ether oxygens (including phenoxy) is 2. The Bertz CT molecular complexity index is 507. The monoisotopic (exact) mass is 325 g/mol. The van der Waals surface area contributed by atoms with Crippen LogP contribution >= 0.6 is 15.9 Å². The first-order chi connectivity index (χ1) is 9.24.